The molecule has 0 atom stereocenters. The van der Waals surface area contributed by atoms with Gasteiger partial charge in [-0.1, -0.05) is 6.07 Å². The van der Waals surface area contributed by atoms with Gasteiger partial charge in [-0.2, -0.15) is 0 Å². The molecule has 0 aliphatic carbocycles. The van der Waals surface area contributed by atoms with Gasteiger partial charge in [-0.15, -0.1) is 24.0 Å². The maximum Gasteiger partial charge on any atom is 0.241 e. The van der Waals surface area contributed by atoms with E-state index in [4.69, 9.17) is 13.9 Å². The molecule has 0 fully saturated rings. The molecule has 0 bridgehead atoms. The highest BCUT2D eigenvalue weighted by Gasteiger charge is 2.08. The second-order valence-corrected chi connectivity index (χ2v) is 6.25. The standard InChI is InChI=1S/C20H28N4O4.HI/c1-24(2)19(25)14-23-20(21-10-9-16-6-5-11-28-16)22-13-15-7-8-17(26-3)18(12-15)27-4;/h5-8,11-12H,9-10,13-14H2,1-4H3,(H2,21,22,23);1H. The number of carbonyl (C=O) groups is 1. The first kappa shape index (κ1) is 24.6. The molecular weight excluding hydrogens is 487 g/mol. The van der Waals surface area contributed by atoms with E-state index in [9.17, 15) is 4.79 Å². The van der Waals surface area contributed by atoms with Gasteiger partial charge in [0, 0.05) is 27.1 Å². The number of rotatable bonds is 9. The van der Waals surface area contributed by atoms with E-state index < -0.39 is 0 Å². The lowest BCUT2D eigenvalue weighted by atomic mass is 10.2. The van der Waals surface area contributed by atoms with Crippen LogP contribution in [0.15, 0.2) is 46.0 Å². The fraction of sp³-hybridized carbons (Fsp3) is 0.400. The molecule has 0 aliphatic heterocycles. The second-order valence-electron chi connectivity index (χ2n) is 6.25. The van der Waals surface area contributed by atoms with E-state index in [2.05, 4.69) is 15.6 Å². The average Bonchev–Trinajstić information content (AvgIpc) is 3.22. The molecule has 1 aromatic heterocycles. The smallest absolute Gasteiger partial charge is 0.241 e. The Morgan fingerprint density at radius 1 is 1.14 bits per heavy atom. The average molecular weight is 516 g/mol. The van der Waals surface area contributed by atoms with Crippen molar-refractivity contribution in [2.45, 2.75) is 13.0 Å². The minimum Gasteiger partial charge on any atom is -0.493 e. The molecule has 0 radical (unpaired) electrons. The largest absolute Gasteiger partial charge is 0.493 e. The summed E-state index contributed by atoms with van der Waals surface area (Å²) in [6.07, 6.45) is 2.36. The molecule has 8 nitrogen and oxygen atoms in total. The molecule has 160 valence electrons. The summed E-state index contributed by atoms with van der Waals surface area (Å²) in [5, 5.41) is 6.29. The van der Waals surface area contributed by atoms with Crippen LogP contribution in [0.4, 0.5) is 0 Å². The van der Waals surface area contributed by atoms with Gasteiger partial charge in [0.2, 0.25) is 5.91 Å². The lowest BCUT2D eigenvalue weighted by Gasteiger charge is -2.15. The van der Waals surface area contributed by atoms with Gasteiger partial charge in [-0.3, -0.25) is 4.79 Å². The number of benzene rings is 1. The number of hydrogen-bond acceptors (Lipinski definition) is 5. The molecule has 2 N–H and O–H groups in total. The van der Waals surface area contributed by atoms with Crippen LogP contribution in [0.2, 0.25) is 0 Å². The van der Waals surface area contributed by atoms with Gasteiger partial charge >= 0.3 is 0 Å². The summed E-state index contributed by atoms with van der Waals surface area (Å²) >= 11 is 0. The van der Waals surface area contributed by atoms with E-state index in [0.29, 0.717) is 37.0 Å². The summed E-state index contributed by atoms with van der Waals surface area (Å²) in [5.74, 6) is 2.72. The first-order valence-corrected chi connectivity index (χ1v) is 8.99. The summed E-state index contributed by atoms with van der Waals surface area (Å²) in [4.78, 5) is 18.0. The Morgan fingerprint density at radius 3 is 2.52 bits per heavy atom. The van der Waals surface area contributed by atoms with Gasteiger partial charge in [0.15, 0.2) is 17.5 Å². The lowest BCUT2D eigenvalue weighted by Crippen LogP contribution is -2.43. The number of guanidine groups is 1. The Bertz CT molecular complexity index is 779. The molecule has 0 unspecified atom stereocenters. The van der Waals surface area contributed by atoms with Crippen LogP contribution in [-0.4, -0.2) is 58.2 Å². The summed E-state index contributed by atoms with van der Waals surface area (Å²) in [6, 6.07) is 9.43. The summed E-state index contributed by atoms with van der Waals surface area (Å²) in [6.45, 7) is 1.21. The number of hydrogen-bond donors (Lipinski definition) is 2. The molecular formula is C20H29IN4O4. The van der Waals surface area contributed by atoms with Crippen LogP contribution in [0, 0.1) is 0 Å². The van der Waals surface area contributed by atoms with Crippen molar-refractivity contribution in [2.75, 3.05) is 41.4 Å². The Balaban J connectivity index is 0.00000420. The van der Waals surface area contributed by atoms with Crippen LogP contribution in [0.5, 0.6) is 11.5 Å². The van der Waals surface area contributed by atoms with Crippen molar-refractivity contribution in [3.05, 3.63) is 47.9 Å². The fourth-order valence-electron chi connectivity index (χ4n) is 2.40. The third kappa shape index (κ3) is 8.22. The Hall–Kier alpha value is -2.43. The highest BCUT2D eigenvalue weighted by atomic mass is 127. The van der Waals surface area contributed by atoms with Crippen molar-refractivity contribution in [3.63, 3.8) is 0 Å². The summed E-state index contributed by atoms with van der Waals surface area (Å²) < 4.78 is 15.9. The number of nitrogens with one attached hydrogen (secondary N) is 2. The van der Waals surface area contributed by atoms with Crippen LogP contribution in [0.1, 0.15) is 11.3 Å². The normalized spacial score (nSPS) is 10.7. The third-order valence-electron chi connectivity index (χ3n) is 4.02. The molecule has 1 heterocycles. The Labute approximate surface area is 188 Å². The highest BCUT2D eigenvalue weighted by Crippen LogP contribution is 2.27. The van der Waals surface area contributed by atoms with Gasteiger partial charge in [0.05, 0.1) is 33.6 Å². The molecule has 0 saturated heterocycles. The number of nitrogens with zero attached hydrogens (tertiary/aromatic N) is 2. The first-order chi connectivity index (χ1) is 13.5. The molecule has 2 aromatic rings. The van der Waals surface area contributed by atoms with Crippen molar-refractivity contribution in [1.82, 2.24) is 15.5 Å². The lowest BCUT2D eigenvalue weighted by molar-refractivity contribution is -0.127. The number of halogens is 1. The molecule has 29 heavy (non-hydrogen) atoms. The van der Waals surface area contributed by atoms with Gasteiger partial charge in [0.1, 0.15) is 5.76 Å². The molecule has 2 rings (SSSR count). The number of aliphatic imine (C=N–C) groups is 1. The maximum atomic E-state index is 11.9. The van der Waals surface area contributed by atoms with Crippen LogP contribution in [-0.2, 0) is 17.8 Å². The van der Waals surface area contributed by atoms with Crippen molar-refractivity contribution in [1.29, 1.82) is 0 Å². The van der Waals surface area contributed by atoms with Crippen molar-refractivity contribution in [3.8, 4) is 11.5 Å². The number of amides is 1. The summed E-state index contributed by atoms with van der Waals surface area (Å²) in [7, 11) is 6.63. The zero-order chi connectivity index (χ0) is 20.4. The maximum absolute atomic E-state index is 11.9. The fourth-order valence-corrected chi connectivity index (χ4v) is 2.40. The predicted molar refractivity (Wildman–Crippen MR) is 123 cm³/mol. The first-order valence-electron chi connectivity index (χ1n) is 8.99. The van der Waals surface area contributed by atoms with Crippen molar-refractivity contribution >= 4 is 35.8 Å². The topological polar surface area (TPSA) is 88.3 Å². The Kier molecular flexibility index (Phi) is 11.0. The van der Waals surface area contributed by atoms with E-state index in [0.717, 1.165) is 11.3 Å². The van der Waals surface area contributed by atoms with E-state index in [-0.39, 0.29) is 36.4 Å². The molecule has 0 aliphatic rings. The van der Waals surface area contributed by atoms with Crippen molar-refractivity contribution in [2.24, 2.45) is 4.99 Å². The highest BCUT2D eigenvalue weighted by molar-refractivity contribution is 14.0. The van der Waals surface area contributed by atoms with E-state index in [1.165, 1.54) is 4.90 Å². The van der Waals surface area contributed by atoms with Crippen LogP contribution in [0.3, 0.4) is 0 Å². The zero-order valence-electron chi connectivity index (χ0n) is 17.2. The number of carbonyl (C=O) groups excluding carboxylic acids is 1. The molecule has 0 spiro atoms. The van der Waals surface area contributed by atoms with Gasteiger partial charge < -0.3 is 29.4 Å². The number of likely N-dealkylation sites (N-methyl/N-ethyl adjacent to an activating group) is 1. The van der Waals surface area contributed by atoms with Crippen molar-refractivity contribution < 1.29 is 18.7 Å². The van der Waals surface area contributed by atoms with Crippen LogP contribution < -0.4 is 20.1 Å². The van der Waals surface area contributed by atoms with E-state index >= 15 is 0 Å². The Morgan fingerprint density at radius 2 is 1.90 bits per heavy atom. The molecule has 1 aromatic carbocycles. The number of methoxy groups -OCH3 is 2. The number of furan rings is 1. The summed E-state index contributed by atoms with van der Waals surface area (Å²) in [5.41, 5.74) is 0.962. The number of ether oxygens (including phenoxy) is 2. The van der Waals surface area contributed by atoms with Gasteiger partial charge in [-0.05, 0) is 29.8 Å². The minimum atomic E-state index is -0.0355. The second kappa shape index (κ2) is 12.9. The monoisotopic (exact) mass is 516 g/mol. The van der Waals surface area contributed by atoms with E-state index in [1.807, 2.05) is 30.3 Å². The molecule has 9 heteroatoms. The van der Waals surface area contributed by atoms with E-state index in [1.54, 1.807) is 34.6 Å². The third-order valence-corrected chi connectivity index (χ3v) is 4.02. The van der Waals surface area contributed by atoms with Gasteiger partial charge in [-0.25, -0.2) is 4.99 Å². The minimum absolute atomic E-state index is 0. The van der Waals surface area contributed by atoms with Crippen LogP contribution >= 0.6 is 24.0 Å². The van der Waals surface area contributed by atoms with Gasteiger partial charge in [0.25, 0.3) is 0 Å². The molecule has 1 amide bonds. The van der Waals surface area contributed by atoms with Crippen LogP contribution in [0.25, 0.3) is 0 Å². The predicted octanol–water partition coefficient (Wildman–Crippen LogP) is 2.28. The molecule has 0 saturated carbocycles. The quantitative estimate of drug-likeness (QED) is 0.302. The SMILES string of the molecule is COc1ccc(CN=C(NCCc2ccco2)NCC(=O)N(C)C)cc1OC.I. The zero-order valence-corrected chi connectivity index (χ0v) is 19.6.